The van der Waals surface area contributed by atoms with Gasteiger partial charge in [0.25, 0.3) is 0 Å². The molecule has 0 aliphatic rings. The number of anilines is 1. The number of aryl methyl sites for hydroxylation is 1. The van der Waals surface area contributed by atoms with Gasteiger partial charge in [0.05, 0.1) is 23.3 Å². The van der Waals surface area contributed by atoms with Gasteiger partial charge in [-0.1, -0.05) is 18.2 Å². The van der Waals surface area contributed by atoms with Crippen LogP contribution in [0.15, 0.2) is 55.0 Å². The minimum absolute atomic E-state index is 0.674. The van der Waals surface area contributed by atoms with Crippen molar-refractivity contribution in [2.75, 3.05) is 5.73 Å². The predicted octanol–water partition coefficient (Wildman–Crippen LogP) is 2.82. The minimum atomic E-state index is 0.674. The summed E-state index contributed by atoms with van der Waals surface area (Å²) in [5.74, 6) is 0. The van der Waals surface area contributed by atoms with E-state index in [1.165, 1.54) is 0 Å². The van der Waals surface area contributed by atoms with Gasteiger partial charge in [0.2, 0.25) is 0 Å². The summed E-state index contributed by atoms with van der Waals surface area (Å²) in [5.41, 5.74) is 10.4. The molecule has 0 unspecified atom stereocenters. The largest absolute Gasteiger partial charge is 0.397 e. The Hall–Kier alpha value is -2.62. The van der Waals surface area contributed by atoms with Crippen LogP contribution in [0.2, 0.25) is 0 Å². The monoisotopic (exact) mass is 250 g/mol. The highest BCUT2D eigenvalue weighted by atomic mass is 15.3. The van der Waals surface area contributed by atoms with Crippen molar-refractivity contribution in [2.45, 2.75) is 6.92 Å². The number of para-hydroxylation sites is 1. The lowest BCUT2D eigenvalue weighted by Gasteiger charge is -2.03. The zero-order valence-electron chi connectivity index (χ0n) is 10.6. The van der Waals surface area contributed by atoms with Gasteiger partial charge in [-0.2, -0.15) is 5.10 Å². The first-order chi connectivity index (χ1) is 9.24. The molecule has 3 rings (SSSR count). The number of hydrogen-bond donors (Lipinski definition) is 1. The molecule has 0 fully saturated rings. The molecular formula is C15H14N4. The van der Waals surface area contributed by atoms with E-state index < -0.39 is 0 Å². The first-order valence-corrected chi connectivity index (χ1v) is 6.06. The summed E-state index contributed by atoms with van der Waals surface area (Å²) in [5, 5.41) is 4.35. The summed E-state index contributed by atoms with van der Waals surface area (Å²) >= 11 is 0. The molecule has 3 aromatic rings. The van der Waals surface area contributed by atoms with E-state index in [9.17, 15) is 0 Å². The maximum absolute atomic E-state index is 6.00. The Morgan fingerprint density at radius 3 is 2.63 bits per heavy atom. The van der Waals surface area contributed by atoms with Crippen LogP contribution in [0.3, 0.4) is 0 Å². The lowest BCUT2D eigenvalue weighted by atomic mass is 10.1. The van der Waals surface area contributed by atoms with Crippen LogP contribution in [0.1, 0.15) is 5.56 Å². The maximum atomic E-state index is 6.00. The molecule has 0 spiro atoms. The average molecular weight is 250 g/mol. The Bertz CT molecular complexity index is 701. The van der Waals surface area contributed by atoms with E-state index in [0.717, 1.165) is 22.5 Å². The number of nitrogen functional groups attached to an aromatic ring is 1. The van der Waals surface area contributed by atoms with E-state index in [1.807, 2.05) is 60.4 Å². The third-order valence-electron chi connectivity index (χ3n) is 2.93. The van der Waals surface area contributed by atoms with Crippen LogP contribution in [-0.2, 0) is 0 Å². The number of hydrogen-bond acceptors (Lipinski definition) is 3. The fourth-order valence-electron chi connectivity index (χ4n) is 2.00. The van der Waals surface area contributed by atoms with Gasteiger partial charge in [-0.15, -0.1) is 0 Å². The number of rotatable bonds is 2. The standard InChI is InChI=1S/C15H14N4/c1-11-7-14(16)15(17-8-11)12-9-18-19(10-12)13-5-3-2-4-6-13/h2-10H,16H2,1H3. The van der Waals surface area contributed by atoms with Crippen LogP contribution in [0, 0.1) is 6.92 Å². The molecule has 0 radical (unpaired) electrons. The molecule has 0 atom stereocenters. The molecule has 0 saturated heterocycles. The Kier molecular flexibility index (Phi) is 2.76. The van der Waals surface area contributed by atoms with Crippen LogP contribution in [0.5, 0.6) is 0 Å². The molecule has 2 aromatic heterocycles. The third-order valence-corrected chi connectivity index (χ3v) is 2.93. The van der Waals surface area contributed by atoms with Gasteiger partial charge in [0.15, 0.2) is 0 Å². The Morgan fingerprint density at radius 1 is 1.11 bits per heavy atom. The molecular weight excluding hydrogens is 236 g/mol. The van der Waals surface area contributed by atoms with Crippen molar-refractivity contribution in [1.82, 2.24) is 14.8 Å². The Morgan fingerprint density at radius 2 is 1.89 bits per heavy atom. The summed E-state index contributed by atoms with van der Waals surface area (Å²) in [7, 11) is 0. The van der Waals surface area contributed by atoms with Gasteiger partial charge < -0.3 is 5.73 Å². The Labute approximate surface area is 111 Å². The van der Waals surface area contributed by atoms with Crippen molar-refractivity contribution in [3.63, 3.8) is 0 Å². The number of pyridine rings is 1. The van der Waals surface area contributed by atoms with Crippen molar-refractivity contribution >= 4 is 5.69 Å². The zero-order valence-corrected chi connectivity index (χ0v) is 10.6. The molecule has 19 heavy (non-hydrogen) atoms. The van der Waals surface area contributed by atoms with Crippen LogP contribution in [0.4, 0.5) is 5.69 Å². The minimum Gasteiger partial charge on any atom is -0.397 e. The second-order valence-corrected chi connectivity index (χ2v) is 4.46. The van der Waals surface area contributed by atoms with Gasteiger partial charge in [-0.25, -0.2) is 4.68 Å². The summed E-state index contributed by atoms with van der Waals surface area (Å²) in [6, 6.07) is 11.9. The van der Waals surface area contributed by atoms with E-state index in [2.05, 4.69) is 10.1 Å². The maximum Gasteiger partial charge on any atom is 0.0963 e. The fourth-order valence-corrected chi connectivity index (χ4v) is 2.00. The lowest BCUT2D eigenvalue weighted by molar-refractivity contribution is 0.881. The van der Waals surface area contributed by atoms with Crippen LogP contribution >= 0.6 is 0 Å². The molecule has 1 aromatic carbocycles. The topological polar surface area (TPSA) is 56.7 Å². The second-order valence-electron chi connectivity index (χ2n) is 4.46. The van der Waals surface area contributed by atoms with E-state index in [4.69, 9.17) is 5.73 Å². The fraction of sp³-hybridized carbons (Fsp3) is 0.0667. The summed E-state index contributed by atoms with van der Waals surface area (Å²) < 4.78 is 1.82. The first-order valence-electron chi connectivity index (χ1n) is 6.06. The normalized spacial score (nSPS) is 10.6. The summed E-state index contributed by atoms with van der Waals surface area (Å²) in [4.78, 5) is 4.38. The van der Waals surface area contributed by atoms with E-state index in [0.29, 0.717) is 5.69 Å². The highest BCUT2D eigenvalue weighted by Crippen LogP contribution is 2.24. The third kappa shape index (κ3) is 2.20. The highest BCUT2D eigenvalue weighted by Gasteiger charge is 2.08. The van der Waals surface area contributed by atoms with Crippen LogP contribution in [-0.4, -0.2) is 14.8 Å². The quantitative estimate of drug-likeness (QED) is 0.760. The molecule has 4 nitrogen and oxygen atoms in total. The van der Waals surface area contributed by atoms with Crippen LogP contribution in [0.25, 0.3) is 16.9 Å². The number of nitrogens with zero attached hydrogens (tertiary/aromatic N) is 3. The molecule has 4 heteroatoms. The summed E-state index contributed by atoms with van der Waals surface area (Å²) in [6.45, 7) is 1.97. The molecule has 0 amide bonds. The van der Waals surface area contributed by atoms with E-state index >= 15 is 0 Å². The SMILES string of the molecule is Cc1cnc(-c2cnn(-c3ccccc3)c2)c(N)c1. The van der Waals surface area contributed by atoms with Gasteiger partial charge >= 0.3 is 0 Å². The first kappa shape index (κ1) is 11.5. The smallest absolute Gasteiger partial charge is 0.0963 e. The van der Waals surface area contributed by atoms with Gasteiger partial charge in [-0.3, -0.25) is 4.98 Å². The van der Waals surface area contributed by atoms with Gasteiger partial charge in [0.1, 0.15) is 0 Å². The van der Waals surface area contributed by atoms with Crippen molar-refractivity contribution in [1.29, 1.82) is 0 Å². The number of nitrogens with two attached hydrogens (primary N) is 1. The molecule has 2 N–H and O–H groups in total. The zero-order chi connectivity index (χ0) is 13.2. The second kappa shape index (κ2) is 4.57. The number of benzene rings is 1. The lowest BCUT2D eigenvalue weighted by Crippen LogP contribution is -1.94. The molecule has 2 heterocycles. The number of aromatic nitrogens is 3. The Balaban J connectivity index is 2.02. The van der Waals surface area contributed by atoms with Crippen molar-refractivity contribution in [2.24, 2.45) is 0 Å². The summed E-state index contributed by atoms with van der Waals surface area (Å²) in [6.07, 6.45) is 5.52. The van der Waals surface area contributed by atoms with Crippen molar-refractivity contribution in [3.8, 4) is 16.9 Å². The van der Waals surface area contributed by atoms with Crippen molar-refractivity contribution in [3.05, 3.63) is 60.6 Å². The predicted molar refractivity (Wildman–Crippen MR) is 75.9 cm³/mol. The molecule has 0 bridgehead atoms. The van der Waals surface area contributed by atoms with Crippen molar-refractivity contribution < 1.29 is 0 Å². The van der Waals surface area contributed by atoms with Gasteiger partial charge in [0, 0.05) is 18.0 Å². The van der Waals surface area contributed by atoms with Crippen LogP contribution < -0.4 is 5.73 Å². The van der Waals surface area contributed by atoms with Gasteiger partial charge in [-0.05, 0) is 30.7 Å². The van der Waals surface area contributed by atoms with E-state index in [1.54, 1.807) is 6.20 Å². The average Bonchev–Trinajstić information content (AvgIpc) is 2.89. The van der Waals surface area contributed by atoms with E-state index in [-0.39, 0.29) is 0 Å². The molecule has 0 aliphatic heterocycles. The highest BCUT2D eigenvalue weighted by molar-refractivity contribution is 5.71. The molecule has 0 aliphatic carbocycles. The molecule has 0 saturated carbocycles. The molecule has 94 valence electrons.